The molecule has 6 nitrogen and oxygen atoms in total. The molecule has 0 bridgehead atoms. The number of carbonyl (C=O) groups excluding carboxylic acids is 2. The Balaban J connectivity index is 1.83. The van der Waals surface area contributed by atoms with Crippen LogP contribution >= 0.6 is 0 Å². The van der Waals surface area contributed by atoms with E-state index in [2.05, 4.69) is 0 Å². The molecular weight excluding hydrogens is 298 g/mol. The molecule has 1 aromatic rings. The van der Waals surface area contributed by atoms with Crippen LogP contribution in [0.15, 0.2) is 30.3 Å². The van der Waals surface area contributed by atoms with Gasteiger partial charge in [0, 0.05) is 19.0 Å². The summed E-state index contributed by atoms with van der Waals surface area (Å²) in [4.78, 5) is 26.8. The zero-order chi connectivity index (χ0) is 16.4. The Morgan fingerprint density at radius 1 is 1.30 bits per heavy atom. The summed E-state index contributed by atoms with van der Waals surface area (Å²) in [5.74, 6) is -1.27. The fourth-order valence-electron chi connectivity index (χ4n) is 3.35. The number of amides is 1. The van der Waals surface area contributed by atoms with Crippen molar-refractivity contribution >= 4 is 11.9 Å². The van der Waals surface area contributed by atoms with Crippen molar-refractivity contribution in [2.45, 2.75) is 12.5 Å². The van der Waals surface area contributed by atoms with Crippen LogP contribution in [0, 0.1) is 11.3 Å². The fraction of sp³-hybridized carbons (Fsp3) is 0.529. The Hall–Kier alpha value is -1.92. The average molecular weight is 319 g/mol. The van der Waals surface area contributed by atoms with Crippen molar-refractivity contribution in [1.82, 2.24) is 4.90 Å². The van der Waals surface area contributed by atoms with Crippen LogP contribution in [0.1, 0.15) is 18.1 Å². The number of morpholine rings is 1. The molecule has 3 rings (SSSR count). The highest BCUT2D eigenvalue weighted by Gasteiger charge is 2.70. The molecule has 0 aromatic heterocycles. The summed E-state index contributed by atoms with van der Waals surface area (Å²) in [5, 5.41) is 10.6. The summed E-state index contributed by atoms with van der Waals surface area (Å²) in [6, 6.07) is 9.10. The Bertz CT molecular complexity index is 584. The van der Waals surface area contributed by atoms with Gasteiger partial charge in [-0.05, 0) is 12.0 Å². The van der Waals surface area contributed by atoms with E-state index in [0.717, 1.165) is 0 Å². The van der Waals surface area contributed by atoms with E-state index >= 15 is 0 Å². The summed E-state index contributed by atoms with van der Waals surface area (Å²) < 4.78 is 10.1. The van der Waals surface area contributed by atoms with Gasteiger partial charge >= 0.3 is 5.97 Å². The maximum Gasteiger partial charge on any atom is 0.321 e. The first-order valence-corrected chi connectivity index (χ1v) is 7.80. The van der Waals surface area contributed by atoms with E-state index < -0.39 is 23.4 Å². The van der Waals surface area contributed by atoms with Crippen LogP contribution in [0.2, 0.25) is 0 Å². The third-order valence-electron chi connectivity index (χ3n) is 4.77. The number of aliphatic hydroxyl groups is 1. The lowest BCUT2D eigenvalue weighted by molar-refractivity contribution is -0.159. The second-order valence-electron chi connectivity index (χ2n) is 6.03. The molecule has 1 aliphatic carbocycles. The van der Waals surface area contributed by atoms with Gasteiger partial charge in [0.05, 0.1) is 26.4 Å². The van der Waals surface area contributed by atoms with Crippen molar-refractivity contribution < 1.29 is 24.2 Å². The lowest BCUT2D eigenvalue weighted by atomic mass is 9.95. The first-order chi connectivity index (χ1) is 11.1. The number of carbonyl (C=O) groups is 2. The summed E-state index contributed by atoms with van der Waals surface area (Å²) in [6.45, 7) is 1.86. The second-order valence-corrected chi connectivity index (χ2v) is 6.03. The van der Waals surface area contributed by atoms with E-state index in [4.69, 9.17) is 9.47 Å². The zero-order valence-electron chi connectivity index (χ0n) is 13.1. The summed E-state index contributed by atoms with van der Waals surface area (Å²) in [6.07, 6.45) is -0.549. The molecule has 23 heavy (non-hydrogen) atoms. The zero-order valence-corrected chi connectivity index (χ0v) is 13.1. The van der Waals surface area contributed by atoms with Crippen LogP contribution in [0.3, 0.4) is 0 Å². The normalized spacial score (nSPS) is 28.1. The van der Waals surface area contributed by atoms with Crippen LogP contribution in [0.5, 0.6) is 0 Å². The Labute approximate surface area is 135 Å². The Morgan fingerprint density at radius 3 is 2.57 bits per heavy atom. The lowest BCUT2D eigenvalue weighted by Gasteiger charge is -2.30. The van der Waals surface area contributed by atoms with Gasteiger partial charge in [-0.2, -0.15) is 0 Å². The van der Waals surface area contributed by atoms with E-state index in [1.165, 1.54) is 7.11 Å². The number of hydrogen-bond donors (Lipinski definition) is 1. The summed E-state index contributed by atoms with van der Waals surface area (Å²) in [5.41, 5.74) is -0.556. The third-order valence-corrected chi connectivity index (χ3v) is 4.77. The van der Waals surface area contributed by atoms with E-state index in [9.17, 15) is 14.7 Å². The molecule has 124 valence electrons. The maximum absolute atomic E-state index is 12.9. The van der Waals surface area contributed by atoms with Crippen LogP contribution in [-0.4, -0.2) is 55.3 Å². The van der Waals surface area contributed by atoms with Crippen molar-refractivity contribution in [3.63, 3.8) is 0 Å². The largest absolute Gasteiger partial charge is 0.468 e. The second kappa shape index (κ2) is 6.29. The number of methoxy groups -OCH3 is 1. The SMILES string of the molecule is COC(=O)C1(C(=O)N2CCOCC2)CC1C(O)c1ccccc1. The highest BCUT2D eigenvalue weighted by Crippen LogP contribution is 2.60. The van der Waals surface area contributed by atoms with Gasteiger partial charge in [0.25, 0.3) is 0 Å². The van der Waals surface area contributed by atoms with Crippen LogP contribution in [-0.2, 0) is 19.1 Å². The van der Waals surface area contributed by atoms with E-state index in [-0.39, 0.29) is 5.91 Å². The van der Waals surface area contributed by atoms with Crippen molar-refractivity contribution in [3.05, 3.63) is 35.9 Å². The highest BCUT2D eigenvalue weighted by molar-refractivity contribution is 6.06. The number of benzene rings is 1. The van der Waals surface area contributed by atoms with Crippen LogP contribution < -0.4 is 0 Å². The van der Waals surface area contributed by atoms with Gasteiger partial charge in [-0.1, -0.05) is 30.3 Å². The number of aliphatic hydroxyl groups excluding tert-OH is 1. The smallest absolute Gasteiger partial charge is 0.321 e. The lowest BCUT2D eigenvalue weighted by Crippen LogP contribution is -2.48. The molecule has 3 unspecified atom stereocenters. The molecule has 6 heteroatoms. The molecule has 0 radical (unpaired) electrons. The molecule has 1 saturated heterocycles. The maximum atomic E-state index is 12.9. The van der Waals surface area contributed by atoms with Gasteiger partial charge in [-0.15, -0.1) is 0 Å². The molecule has 1 amide bonds. The molecule has 1 N–H and O–H groups in total. The van der Waals surface area contributed by atoms with Crippen LogP contribution in [0.4, 0.5) is 0 Å². The predicted octanol–water partition coefficient (Wildman–Crippen LogP) is 0.758. The molecular formula is C17H21NO5. The first kappa shape index (κ1) is 16.0. The van der Waals surface area contributed by atoms with E-state index in [0.29, 0.717) is 38.3 Å². The number of nitrogens with zero attached hydrogens (tertiary/aromatic N) is 1. The minimum absolute atomic E-state index is 0.257. The van der Waals surface area contributed by atoms with Crippen molar-refractivity contribution in [1.29, 1.82) is 0 Å². The number of hydrogen-bond acceptors (Lipinski definition) is 5. The van der Waals surface area contributed by atoms with Gasteiger partial charge in [0.1, 0.15) is 0 Å². The molecule has 1 heterocycles. The molecule has 1 saturated carbocycles. The van der Waals surface area contributed by atoms with Crippen molar-refractivity contribution in [2.75, 3.05) is 33.4 Å². The number of rotatable bonds is 4. The monoisotopic (exact) mass is 319 g/mol. The minimum Gasteiger partial charge on any atom is -0.468 e. The number of esters is 1. The highest BCUT2D eigenvalue weighted by atomic mass is 16.5. The molecule has 0 spiro atoms. The predicted molar refractivity (Wildman–Crippen MR) is 81.4 cm³/mol. The summed E-state index contributed by atoms with van der Waals surface area (Å²) in [7, 11) is 1.28. The fourth-order valence-corrected chi connectivity index (χ4v) is 3.35. The van der Waals surface area contributed by atoms with Gasteiger partial charge in [-0.25, -0.2) is 0 Å². The van der Waals surface area contributed by atoms with Gasteiger partial charge in [-0.3, -0.25) is 9.59 Å². The topological polar surface area (TPSA) is 76.1 Å². The Kier molecular flexibility index (Phi) is 4.37. The molecule has 1 aromatic carbocycles. The van der Waals surface area contributed by atoms with Crippen molar-refractivity contribution in [2.24, 2.45) is 11.3 Å². The van der Waals surface area contributed by atoms with Gasteiger partial charge < -0.3 is 19.5 Å². The summed E-state index contributed by atoms with van der Waals surface area (Å²) >= 11 is 0. The third kappa shape index (κ3) is 2.72. The average Bonchev–Trinajstić information content (AvgIpc) is 3.38. The standard InChI is InChI=1S/C17H21NO5/c1-22-16(21)17(15(20)18-7-9-23-10-8-18)11-13(17)14(19)12-5-3-2-4-6-12/h2-6,13-14,19H,7-11H2,1H3. The number of ether oxygens (including phenoxy) is 2. The Morgan fingerprint density at radius 2 is 1.96 bits per heavy atom. The van der Waals surface area contributed by atoms with E-state index in [1.807, 2.05) is 18.2 Å². The van der Waals surface area contributed by atoms with Gasteiger partial charge in [0.15, 0.2) is 5.41 Å². The molecule has 1 aliphatic heterocycles. The van der Waals surface area contributed by atoms with Gasteiger partial charge in [0.2, 0.25) is 5.91 Å². The quantitative estimate of drug-likeness (QED) is 0.655. The van der Waals surface area contributed by atoms with E-state index in [1.54, 1.807) is 17.0 Å². The molecule has 3 atom stereocenters. The van der Waals surface area contributed by atoms with Crippen LogP contribution in [0.25, 0.3) is 0 Å². The molecule has 2 aliphatic rings. The van der Waals surface area contributed by atoms with Crippen molar-refractivity contribution in [3.8, 4) is 0 Å². The minimum atomic E-state index is -1.26. The first-order valence-electron chi connectivity index (χ1n) is 7.80. The molecule has 2 fully saturated rings.